The lowest BCUT2D eigenvalue weighted by atomic mass is 9.91. The molecule has 0 aromatic heterocycles. The van der Waals surface area contributed by atoms with Crippen LogP contribution in [0.15, 0.2) is 53.2 Å². The SMILES string of the molecule is CC1=NC=C(/C=C2\C(=O)Cc3ccc(-c4ccc5c(c4C)NCCC5)cc32)C1. The molecule has 3 nitrogen and oxygen atoms in total. The van der Waals surface area contributed by atoms with E-state index in [9.17, 15) is 4.79 Å². The number of rotatable bonds is 2. The van der Waals surface area contributed by atoms with E-state index < -0.39 is 0 Å². The number of carbonyl (C=O) groups excluding carboxylic acids is 1. The zero-order valence-electron chi connectivity index (χ0n) is 16.4. The lowest BCUT2D eigenvalue weighted by Gasteiger charge is -2.22. The van der Waals surface area contributed by atoms with E-state index in [1.54, 1.807) is 0 Å². The van der Waals surface area contributed by atoms with E-state index in [0.717, 1.165) is 47.4 Å². The summed E-state index contributed by atoms with van der Waals surface area (Å²) in [5.74, 6) is 0.210. The highest BCUT2D eigenvalue weighted by Gasteiger charge is 2.26. The highest BCUT2D eigenvalue weighted by molar-refractivity contribution is 6.26. The van der Waals surface area contributed by atoms with Crippen LogP contribution in [0.25, 0.3) is 16.7 Å². The number of Topliss-reactive ketones (excluding diaryl/α,β-unsaturated/α-hetero) is 1. The van der Waals surface area contributed by atoms with Crippen molar-refractivity contribution in [2.75, 3.05) is 11.9 Å². The molecule has 0 radical (unpaired) electrons. The molecule has 0 fully saturated rings. The van der Waals surface area contributed by atoms with E-state index in [0.29, 0.717) is 6.42 Å². The molecule has 0 atom stereocenters. The van der Waals surface area contributed by atoms with Gasteiger partial charge in [0.05, 0.1) is 0 Å². The molecule has 0 amide bonds. The lowest BCUT2D eigenvalue weighted by Crippen LogP contribution is -2.13. The van der Waals surface area contributed by atoms with Crippen LogP contribution in [0.3, 0.4) is 0 Å². The molecule has 2 aromatic rings. The number of hydrogen-bond acceptors (Lipinski definition) is 3. The maximum Gasteiger partial charge on any atom is 0.167 e. The quantitative estimate of drug-likeness (QED) is 0.733. The van der Waals surface area contributed by atoms with E-state index in [1.165, 1.54) is 34.4 Å². The Balaban J connectivity index is 1.57. The molecular weight excluding hydrogens is 344 g/mol. The molecule has 0 bridgehead atoms. The second-order valence-corrected chi connectivity index (χ2v) is 8.08. The second kappa shape index (κ2) is 6.59. The molecule has 2 heterocycles. The van der Waals surface area contributed by atoms with Crippen molar-refractivity contribution in [3.8, 4) is 11.1 Å². The first-order valence-electron chi connectivity index (χ1n) is 10.1. The predicted octanol–water partition coefficient (Wildman–Crippen LogP) is 5.28. The average Bonchev–Trinajstić information content (AvgIpc) is 3.25. The zero-order valence-corrected chi connectivity index (χ0v) is 16.4. The minimum atomic E-state index is 0.210. The number of anilines is 1. The van der Waals surface area contributed by atoms with Gasteiger partial charge in [0.25, 0.3) is 0 Å². The Labute approximate surface area is 165 Å². The van der Waals surface area contributed by atoms with Gasteiger partial charge in [-0.15, -0.1) is 0 Å². The van der Waals surface area contributed by atoms with Crippen molar-refractivity contribution in [1.82, 2.24) is 0 Å². The highest BCUT2D eigenvalue weighted by atomic mass is 16.1. The molecular formula is C25H24N2O. The first-order valence-corrected chi connectivity index (χ1v) is 10.1. The smallest absolute Gasteiger partial charge is 0.167 e. The Morgan fingerprint density at radius 1 is 1.04 bits per heavy atom. The number of aliphatic imine (C=N–C) groups is 1. The summed E-state index contributed by atoms with van der Waals surface area (Å²) in [5.41, 5.74) is 11.7. The van der Waals surface area contributed by atoms with Crippen molar-refractivity contribution in [2.45, 2.75) is 39.5 Å². The number of nitrogens with one attached hydrogen (secondary N) is 1. The third-order valence-electron chi connectivity index (χ3n) is 6.08. The molecule has 0 unspecified atom stereocenters. The number of allylic oxidation sites excluding steroid dienone is 3. The summed E-state index contributed by atoms with van der Waals surface area (Å²) in [5, 5.41) is 3.58. The highest BCUT2D eigenvalue weighted by Crippen LogP contribution is 2.38. The number of nitrogens with zero attached hydrogens (tertiary/aromatic N) is 1. The Bertz CT molecular complexity index is 1100. The number of carbonyl (C=O) groups is 1. The van der Waals surface area contributed by atoms with Gasteiger partial charge in [-0.1, -0.05) is 24.3 Å². The first kappa shape index (κ1) is 17.2. The van der Waals surface area contributed by atoms with Crippen LogP contribution in [0.4, 0.5) is 5.69 Å². The van der Waals surface area contributed by atoms with Crippen LogP contribution >= 0.6 is 0 Å². The monoisotopic (exact) mass is 368 g/mol. The van der Waals surface area contributed by atoms with Crippen molar-refractivity contribution < 1.29 is 4.79 Å². The average molecular weight is 368 g/mol. The minimum absolute atomic E-state index is 0.210. The number of aryl methyl sites for hydroxylation is 1. The molecule has 0 spiro atoms. The number of fused-ring (bicyclic) bond motifs is 2. The molecule has 0 saturated heterocycles. The summed E-state index contributed by atoms with van der Waals surface area (Å²) in [6.45, 7) is 5.27. The molecule has 2 aromatic carbocycles. The Morgan fingerprint density at radius 2 is 1.89 bits per heavy atom. The maximum absolute atomic E-state index is 12.7. The van der Waals surface area contributed by atoms with E-state index in [2.05, 4.69) is 47.6 Å². The Hall–Kier alpha value is -2.94. The number of benzene rings is 2. The summed E-state index contributed by atoms with van der Waals surface area (Å²) < 4.78 is 0. The fourth-order valence-electron chi connectivity index (χ4n) is 4.61. The zero-order chi connectivity index (χ0) is 19.3. The van der Waals surface area contributed by atoms with Crippen LogP contribution < -0.4 is 5.32 Å². The maximum atomic E-state index is 12.7. The topological polar surface area (TPSA) is 41.5 Å². The minimum Gasteiger partial charge on any atom is -0.385 e. The lowest BCUT2D eigenvalue weighted by molar-refractivity contribution is -0.112. The van der Waals surface area contributed by atoms with Gasteiger partial charge < -0.3 is 5.32 Å². The van der Waals surface area contributed by atoms with E-state index in [1.807, 2.05) is 19.2 Å². The van der Waals surface area contributed by atoms with Gasteiger partial charge in [0, 0.05) is 42.6 Å². The summed E-state index contributed by atoms with van der Waals surface area (Å²) >= 11 is 0. The molecule has 0 saturated carbocycles. The van der Waals surface area contributed by atoms with E-state index in [4.69, 9.17) is 0 Å². The largest absolute Gasteiger partial charge is 0.385 e. The first-order chi connectivity index (χ1) is 13.6. The van der Waals surface area contributed by atoms with Gasteiger partial charge in [-0.2, -0.15) is 0 Å². The number of hydrogen-bond donors (Lipinski definition) is 1. The van der Waals surface area contributed by atoms with Gasteiger partial charge in [0.15, 0.2) is 5.78 Å². The van der Waals surface area contributed by atoms with Crippen molar-refractivity contribution in [2.24, 2.45) is 4.99 Å². The third-order valence-corrected chi connectivity index (χ3v) is 6.08. The van der Waals surface area contributed by atoms with Crippen molar-refractivity contribution in [3.63, 3.8) is 0 Å². The summed E-state index contributed by atoms with van der Waals surface area (Å²) in [6.07, 6.45) is 7.60. The van der Waals surface area contributed by atoms with E-state index in [-0.39, 0.29) is 5.78 Å². The van der Waals surface area contributed by atoms with Crippen molar-refractivity contribution in [3.05, 3.63) is 70.4 Å². The van der Waals surface area contributed by atoms with E-state index >= 15 is 0 Å². The molecule has 1 N–H and O–H groups in total. The normalized spacial score (nSPS) is 19.2. The Morgan fingerprint density at radius 3 is 2.71 bits per heavy atom. The van der Waals surface area contributed by atoms with Gasteiger partial charge in [0.2, 0.25) is 0 Å². The van der Waals surface area contributed by atoms with Crippen LogP contribution in [0.1, 0.15) is 42.0 Å². The summed E-state index contributed by atoms with van der Waals surface area (Å²) in [7, 11) is 0. The van der Waals surface area contributed by atoms with Gasteiger partial charge in [0.1, 0.15) is 0 Å². The van der Waals surface area contributed by atoms with Crippen LogP contribution in [-0.4, -0.2) is 18.0 Å². The molecule has 140 valence electrons. The van der Waals surface area contributed by atoms with Gasteiger partial charge >= 0.3 is 0 Å². The molecule has 1 aliphatic carbocycles. The van der Waals surface area contributed by atoms with Gasteiger partial charge in [-0.05, 0) is 77.8 Å². The standard InChI is InChI=1S/C25H24N2O/c1-15-10-17(14-27-15)11-23-22-12-19(5-6-20(22)13-24(23)28)21-8-7-18-4-3-9-26-25(18)16(21)2/h5-8,11-12,14,26H,3-4,9-10,13H2,1-2H3/b23-11-. The molecule has 2 aliphatic heterocycles. The van der Waals surface area contributed by atoms with Crippen LogP contribution in [-0.2, 0) is 17.6 Å². The van der Waals surface area contributed by atoms with Gasteiger partial charge in [-0.3, -0.25) is 9.79 Å². The summed E-state index contributed by atoms with van der Waals surface area (Å²) in [6, 6.07) is 11.0. The summed E-state index contributed by atoms with van der Waals surface area (Å²) in [4.78, 5) is 17.0. The predicted molar refractivity (Wildman–Crippen MR) is 116 cm³/mol. The van der Waals surface area contributed by atoms with Crippen LogP contribution in [0, 0.1) is 6.92 Å². The molecule has 28 heavy (non-hydrogen) atoms. The third kappa shape index (κ3) is 2.82. The van der Waals surface area contributed by atoms with Crippen molar-refractivity contribution >= 4 is 22.8 Å². The van der Waals surface area contributed by atoms with Crippen LogP contribution in [0.5, 0.6) is 0 Å². The molecule has 3 heteroatoms. The van der Waals surface area contributed by atoms with Crippen molar-refractivity contribution in [1.29, 1.82) is 0 Å². The molecule has 5 rings (SSSR count). The second-order valence-electron chi connectivity index (χ2n) is 8.08. The van der Waals surface area contributed by atoms with Crippen LogP contribution in [0.2, 0.25) is 0 Å². The fraction of sp³-hybridized carbons (Fsp3) is 0.280. The Kier molecular flexibility index (Phi) is 4.04. The van der Waals surface area contributed by atoms with Gasteiger partial charge in [-0.25, -0.2) is 0 Å². The molecule has 3 aliphatic rings. The number of ketones is 1. The fourth-order valence-corrected chi connectivity index (χ4v) is 4.61.